The highest BCUT2D eigenvalue weighted by atomic mass is 16.5. The quantitative estimate of drug-likeness (QED) is 0.666. The number of hydrogen-bond acceptors (Lipinski definition) is 3. The monoisotopic (exact) mass is 226 g/mol. The van der Waals surface area contributed by atoms with Crippen LogP contribution in [0.5, 0.6) is 0 Å². The molecule has 16 heavy (non-hydrogen) atoms. The van der Waals surface area contributed by atoms with Crippen LogP contribution in [0.2, 0.25) is 0 Å². The van der Waals surface area contributed by atoms with E-state index in [0.29, 0.717) is 0 Å². The lowest BCUT2D eigenvalue weighted by Crippen LogP contribution is -2.56. The Balaban J connectivity index is 1.53. The average molecular weight is 226 g/mol. The van der Waals surface area contributed by atoms with Gasteiger partial charge in [-0.1, -0.05) is 0 Å². The van der Waals surface area contributed by atoms with Gasteiger partial charge in [0.1, 0.15) is 0 Å². The van der Waals surface area contributed by atoms with Crippen molar-refractivity contribution in [1.82, 2.24) is 10.2 Å². The summed E-state index contributed by atoms with van der Waals surface area (Å²) < 4.78 is 5.05. The molecule has 3 heterocycles. The number of unbranched alkanes of at least 4 members (excludes halogenated alkanes) is 2. The molecule has 94 valence electrons. The zero-order chi connectivity index (χ0) is 11.2. The van der Waals surface area contributed by atoms with E-state index in [-0.39, 0.29) is 0 Å². The number of nitrogens with one attached hydrogen (secondary N) is 1. The smallest absolute Gasteiger partial charge is 0.0462 e. The van der Waals surface area contributed by atoms with Crippen molar-refractivity contribution in [1.29, 1.82) is 0 Å². The van der Waals surface area contributed by atoms with Gasteiger partial charge in [0.25, 0.3) is 0 Å². The number of methoxy groups -OCH3 is 1. The Bertz CT molecular complexity index is 190. The molecule has 3 aliphatic heterocycles. The molecule has 3 fully saturated rings. The highest BCUT2D eigenvalue weighted by molar-refractivity contribution is 4.90. The van der Waals surface area contributed by atoms with Gasteiger partial charge in [-0.3, -0.25) is 0 Å². The molecule has 0 radical (unpaired) electrons. The molecule has 1 N–H and O–H groups in total. The van der Waals surface area contributed by atoms with E-state index < -0.39 is 0 Å². The van der Waals surface area contributed by atoms with Gasteiger partial charge < -0.3 is 15.0 Å². The first-order valence-corrected chi connectivity index (χ1v) is 6.85. The fourth-order valence-electron chi connectivity index (χ4n) is 3.03. The molecule has 3 aliphatic rings. The predicted molar refractivity (Wildman–Crippen MR) is 66.7 cm³/mol. The average Bonchev–Trinajstić information content (AvgIpc) is 2.35. The molecule has 3 rings (SSSR count). The molecule has 1 unspecified atom stereocenters. The Labute approximate surface area is 99.5 Å². The lowest BCUT2D eigenvalue weighted by molar-refractivity contribution is 0.0726. The fourth-order valence-corrected chi connectivity index (χ4v) is 3.03. The fraction of sp³-hybridized carbons (Fsp3) is 1.00. The summed E-state index contributed by atoms with van der Waals surface area (Å²) in [4.78, 5) is 2.61. The summed E-state index contributed by atoms with van der Waals surface area (Å²) in [6, 6.07) is 0.782. The Morgan fingerprint density at radius 2 is 2.00 bits per heavy atom. The maximum absolute atomic E-state index is 5.05. The maximum Gasteiger partial charge on any atom is 0.0462 e. The SMILES string of the molecule is COCCCCCNC1CN2CCC1CC2. The van der Waals surface area contributed by atoms with Crippen LogP contribution in [0.3, 0.4) is 0 Å². The van der Waals surface area contributed by atoms with Crippen LogP contribution in [0.25, 0.3) is 0 Å². The summed E-state index contributed by atoms with van der Waals surface area (Å²) in [6.07, 6.45) is 6.63. The lowest BCUT2D eigenvalue weighted by Gasteiger charge is -2.45. The van der Waals surface area contributed by atoms with Crippen molar-refractivity contribution in [3.63, 3.8) is 0 Å². The van der Waals surface area contributed by atoms with E-state index in [1.165, 1.54) is 58.3 Å². The molecule has 0 aromatic carbocycles. The van der Waals surface area contributed by atoms with E-state index >= 15 is 0 Å². The second kappa shape index (κ2) is 6.58. The number of rotatable bonds is 7. The molecule has 2 bridgehead atoms. The number of hydrogen-bond donors (Lipinski definition) is 1. The molecule has 3 nitrogen and oxygen atoms in total. The number of nitrogens with zero attached hydrogens (tertiary/aromatic N) is 1. The zero-order valence-corrected chi connectivity index (χ0v) is 10.6. The Morgan fingerprint density at radius 3 is 2.62 bits per heavy atom. The molecular weight excluding hydrogens is 200 g/mol. The third-order valence-corrected chi connectivity index (χ3v) is 4.09. The van der Waals surface area contributed by atoms with Crippen LogP contribution in [0.15, 0.2) is 0 Å². The van der Waals surface area contributed by atoms with Crippen molar-refractivity contribution in [3.05, 3.63) is 0 Å². The van der Waals surface area contributed by atoms with E-state index in [1.807, 2.05) is 0 Å². The molecule has 3 saturated heterocycles. The molecule has 0 aliphatic carbocycles. The van der Waals surface area contributed by atoms with Gasteiger partial charge in [-0.15, -0.1) is 0 Å². The molecule has 0 amide bonds. The third kappa shape index (κ3) is 3.44. The van der Waals surface area contributed by atoms with Crippen LogP contribution < -0.4 is 5.32 Å². The molecule has 1 atom stereocenters. The minimum absolute atomic E-state index is 0.782. The lowest BCUT2D eigenvalue weighted by atomic mass is 9.84. The molecule has 0 aromatic heterocycles. The minimum atomic E-state index is 0.782. The highest BCUT2D eigenvalue weighted by Gasteiger charge is 2.33. The second-order valence-corrected chi connectivity index (χ2v) is 5.25. The Kier molecular flexibility index (Phi) is 5.07. The van der Waals surface area contributed by atoms with Gasteiger partial charge in [0, 0.05) is 26.3 Å². The van der Waals surface area contributed by atoms with E-state index in [9.17, 15) is 0 Å². The second-order valence-electron chi connectivity index (χ2n) is 5.25. The summed E-state index contributed by atoms with van der Waals surface area (Å²) in [5.74, 6) is 0.962. The first-order valence-electron chi connectivity index (χ1n) is 6.85. The third-order valence-electron chi connectivity index (χ3n) is 4.09. The summed E-state index contributed by atoms with van der Waals surface area (Å²) >= 11 is 0. The van der Waals surface area contributed by atoms with Crippen LogP contribution in [0.1, 0.15) is 32.1 Å². The Morgan fingerprint density at radius 1 is 1.19 bits per heavy atom. The molecular formula is C13H26N2O. The minimum Gasteiger partial charge on any atom is -0.385 e. The summed E-state index contributed by atoms with van der Waals surface area (Å²) in [5.41, 5.74) is 0. The predicted octanol–water partition coefficient (Wildman–Crippen LogP) is 1.49. The first kappa shape index (κ1) is 12.3. The van der Waals surface area contributed by atoms with Gasteiger partial charge in [0.05, 0.1) is 0 Å². The molecule has 3 heteroatoms. The summed E-state index contributed by atoms with van der Waals surface area (Å²) in [6.45, 7) is 6.09. The normalized spacial score (nSPS) is 33.2. The standard InChI is InChI=1S/C13H26N2O/c1-16-10-4-2-3-7-14-13-11-15-8-5-12(13)6-9-15/h12-14H,2-11H2,1H3. The van der Waals surface area contributed by atoms with Crippen LogP contribution in [-0.2, 0) is 4.74 Å². The van der Waals surface area contributed by atoms with E-state index in [4.69, 9.17) is 4.74 Å². The topological polar surface area (TPSA) is 24.5 Å². The van der Waals surface area contributed by atoms with Crippen molar-refractivity contribution in [2.45, 2.75) is 38.1 Å². The van der Waals surface area contributed by atoms with Gasteiger partial charge in [-0.2, -0.15) is 0 Å². The number of ether oxygens (including phenoxy) is 1. The van der Waals surface area contributed by atoms with Crippen molar-refractivity contribution >= 4 is 0 Å². The van der Waals surface area contributed by atoms with Crippen molar-refractivity contribution < 1.29 is 4.74 Å². The van der Waals surface area contributed by atoms with E-state index in [2.05, 4.69) is 10.2 Å². The Hall–Kier alpha value is -0.120. The summed E-state index contributed by atoms with van der Waals surface area (Å²) in [5, 5.41) is 3.75. The van der Waals surface area contributed by atoms with Crippen LogP contribution >= 0.6 is 0 Å². The van der Waals surface area contributed by atoms with Crippen molar-refractivity contribution in [2.75, 3.05) is 39.9 Å². The highest BCUT2D eigenvalue weighted by Crippen LogP contribution is 2.27. The van der Waals surface area contributed by atoms with Crippen molar-refractivity contribution in [3.8, 4) is 0 Å². The molecule has 0 saturated carbocycles. The van der Waals surface area contributed by atoms with Gasteiger partial charge >= 0.3 is 0 Å². The van der Waals surface area contributed by atoms with Crippen LogP contribution in [0, 0.1) is 5.92 Å². The van der Waals surface area contributed by atoms with E-state index in [1.54, 1.807) is 7.11 Å². The summed E-state index contributed by atoms with van der Waals surface area (Å²) in [7, 11) is 1.78. The van der Waals surface area contributed by atoms with Gasteiger partial charge in [0.2, 0.25) is 0 Å². The van der Waals surface area contributed by atoms with Gasteiger partial charge in [0.15, 0.2) is 0 Å². The van der Waals surface area contributed by atoms with Crippen LogP contribution in [0.4, 0.5) is 0 Å². The van der Waals surface area contributed by atoms with Crippen molar-refractivity contribution in [2.24, 2.45) is 5.92 Å². The van der Waals surface area contributed by atoms with Gasteiger partial charge in [-0.25, -0.2) is 0 Å². The largest absolute Gasteiger partial charge is 0.385 e. The van der Waals surface area contributed by atoms with Crippen LogP contribution in [-0.4, -0.2) is 50.8 Å². The molecule has 0 aromatic rings. The maximum atomic E-state index is 5.05. The first-order chi connectivity index (χ1) is 7.90. The number of fused-ring (bicyclic) bond motifs is 3. The van der Waals surface area contributed by atoms with Gasteiger partial charge in [-0.05, 0) is 57.7 Å². The zero-order valence-electron chi connectivity index (χ0n) is 10.6. The number of piperidine rings is 3. The molecule has 0 spiro atoms. The van der Waals surface area contributed by atoms with E-state index in [0.717, 1.165) is 18.6 Å².